The van der Waals surface area contributed by atoms with Crippen molar-refractivity contribution in [3.63, 3.8) is 0 Å². The Labute approximate surface area is 94.9 Å². The van der Waals surface area contributed by atoms with Gasteiger partial charge in [-0.3, -0.25) is 4.40 Å². The minimum Gasteiger partial charge on any atom is -0.351 e. The van der Waals surface area contributed by atoms with E-state index in [0.29, 0.717) is 6.04 Å². The van der Waals surface area contributed by atoms with Crippen LogP contribution in [0.2, 0.25) is 0 Å². The Bertz CT molecular complexity index is 475. The lowest BCUT2D eigenvalue weighted by molar-refractivity contribution is 1.03. The van der Waals surface area contributed by atoms with Gasteiger partial charge in [-0.2, -0.15) is 0 Å². The third kappa shape index (κ3) is 1.35. The largest absolute Gasteiger partial charge is 0.351 e. The molecule has 0 aliphatic heterocycles. The van der Waals surface area contributed by atoms with E-state index in [9.17, 15) is 0 Å². The Morgan fingerprint density at radius 1 is 1.43 bits per heavy atom. The van der Waals surface area contributed by atoms with Gasteiger partial charge in [0.2, 0.25) is 5.95 Å². The molecular formula is C9H9IN4. The number of nitrogens with zero attached hydrogens (tertiary/aromatic N) is 3. The van der Waals surface area contributed by atoms with Crippen LogP contribution >= 0.6 is 22.6 Å². The molecule has 0 spiro atoms. The Balaban J connectivity index is 2.10. The van der Waals surface area contributed by atoms with Gasteiger partial charge >= 0.3 is 0 Å². The number of pyridine rings is 1. The first-order valence-corrected chi connectivity index (χ1v) is 5.68. The van der Waals surface area contributed by atoms with E-state index in [1.54, 1.807) is 0 Å². The molecule has 3 rings (SSSR count). The lowest BCUT2D eigenvalue weighted by atomic mass is 10.5. The molecule has 4 nitrogen and oxygen atoms in total. The van der Waals surface area contributed by atoms with Gasteiger partial charge in [-0.15, -0.1) is 10.2 Å². The van der Waals surface area contributed by atoms with Crippen LogP contribution in [0.5, 0.6) is 0 Å². The van der Waals surface area contributed by atoms with E-state index >= 15 is 0 Å². The van der Waals surface area contributed by atoms with E-state index in [1.807, 2.05) is 22.7 Å². The van der Waals surface area contributed by atoms with Gasteiger partial charge in [0.25, 0.3) is 0 Å². The van der Waals surface area contributed by atoms with Gasteiger partial charge in [0.1, 0.15) is 0 Å². The average Bonchev–Trinajstić information content (AvgIpc) is 2.88. The molecule has 1 aliphatic carbocycles. The van der Waals surface area contributed by atoms with Gasteiger partial charge in [-0.25, -0.2) is 0 Å². The van der Waals surface area contributed by atoms with Gasteiger partial charge in [0.05, 0.1) is 3.57 Å². The molecule has 2 aromatic heterocycles. The molecule has 2 aromatic rings. The maximum atomic E-state index is 4.14. The molecule has 0 unspecified atom stereocenters. The van der Waals surface area contributed by atoms with Crippen LogP contribution in [-0.4, -0.2) is 20.6 Å². The van der Waals surface area contributed by atoms with Gasteiger partial charge in [-0.1, -0.05) is 0 Å². The molecule has 1 N–H and O–H groups in total. The zero-order valence-electron chi connectivity index (χ0n) is 7.44. The minimum atomic E-state index is 0.611. The lowest BCUT2D eigenvalue weighted by Gasteiger charge is -2.01. The highest BCUT2D eigenvalue weighted by atomic mass is 127. The van der Waals surface area contributed by atoms with Gasteiger partial charge in [-0.05, 0) is 47.6 Å². The number of anilines is 1. The summed E-state index contributed by atoms with van der Waals surface area (Å²) in [4.78, 5) is 0. The van der Waals surface area contributed by atoms with Crippen molar-refractivity contribution < 1.29 is 0 Å². The highest BCUT2D eigenvalue weighted by molar-refractivity contribution is 14.1. The smallest absolute Gasteiger partial charge is 0.229 e. The predicted molar refractivity (Wildman–Crippen MR) is 62.3 cm³/mol. The highest BCUT2D eigenvalue weighted by Crippen LogP contribution is 2.24. The second-order valence-electron chi connectivity index (χ2n) is 3.49. The quantitative estimate of drug-likeness (QED) is 0.862. The molecule has 2 heterocycles. The molecule has 0 aromatic carbocycles. The summed E-state index contributed by atoms with van der Waals surface area (Å²) >= 11 is 2.27. The third-order valence-corrected chi connectivity index (χ3v) is 3.14. The topological polar surface area (TPSA) is 42.2 Å². The fourth-order valence-electron chi connectivity index (χ4n) is 1.39. The number of fused-ring (bicyclic) bond motifs is 1. The van der Waals surface area contributed by atoms with Crippen LogP contribution in [0.4, 0.5) is 5.95 Å². The molecule has 72 valence electrons. The van der Waals surface area contributed by atoms with Crippen molar-refractivity contribution in [1.82, 2.24) is 14.6 Å². The molecule has 0 radical (unpaired) electrons. The molecule has 0 atom stereocenters. The molecule has 5 heteroatoms. The van der Waals surface area contributed by atoms with E-state index in [2.05, 4.69) is 38.1 Å². The first-order valence-electron chi connectivity index (χ1n) is 4.60. The monoisotopic (exact) mass is 300 g/mol. The molecule has 0 bridgehead atoms. The maximum Gasteiger partial charge on any atom is 0.229 e. The van der Waals surface area contributed by atoms with Crippen LogP contribution < -0.4 is 5.32 Å². The van der Waals surface area contributed by atoms with E-state index in [0.717, 1.165) is 15.2 Å². The fraction of sp³-hybridized carbons (Fsp3) is 0.333. The van der Waals surface area contributed by atoms with Crippen LogP contribution in [0.1, 0.15) is 12.8 Å². The van der Waals surface area contributed by atoms with Crippen LogP contribution in [0.15, 0.2) is 18.3 Å². The molecule has 1 saturated carbocycles. The van der Waals surface area contributed by atoms with Gasteiger partial charge < -0.3 is 5.32 Å². The predicted octanol–water partition coefficient (Wildman–Crippen LogP) is 1.91. The minimum absolute atomic E-state index is 0.611. The SMILES string of the molecule is Ic1cccn2c(NC3CC3)nnc12. The zero-order valence-corrected chi connectivity index (χ0v) is 9.60. The van der Waals surface area contributed by atoms with Crippen LogP contribution in [0.3, 0.4) is 0 Å². The van der Waals surface area contributed by atoms with Crippen molar-refractivity contribution >= 4 is 34.2 Å². The summed E-state index contributed by atoms with van der Waals surface area (Å²) in [6.45, 7) is 0. The summed E-state index contributed by atoms with van der Waals surface area (Å²) in [5, 5.41) is 11.6. The van der Waals surface area contributed by atoms with Gasteiger partial charge in [0, 0.05) is 12.2 Å². The molecule has 0 amide bonds. The lowest BCUT2D eigenvalue weighted by Crippen LogP contribution is -2.04. The summed E-state index contributed by atoms with van der Waals surface area (Å²) in [6, 6.07) is 4.65. The summed E-state index contributed by atoms with van der Waals surface area (Å²) in [6.07, 6.45) is 4.49. The Morgan fingerprint density at radius 3 is 3.07 bits per heavy atom. The van der Waals surface area contributed by atoms with E-state index in [4.69, 9.17) is 0 Å². The van der Waals surface area contributed by atoms with Crippen LogP contribution in [-0.2, 0) is 0 Å². The number of aromatic nitrogens is 3. The first kappa shape index (κ1) is 8.46. The van der Waals surface area contributed by atoms with Crippen molar-refractivity contribution in [2.75, 3.05) is 5.32 Å². The molecule has 0 saturated heterocycles. The average molecular weight is 300 g/mol. The highest BCUT2D eigenvalue weighted by Gasteiger charge is 2.23. The molecule has 14 heavy (non-hydrogen) atoms. The summed E-state index contributed by atoms with van der Waals surface area (Å²) in [5.74, 6) is 0.862. The fourth-order valence-corrected chi connectivity index (χ4v) is 1.97. The number of halogens is 1. The Morgan fingerprint density at radius 2 is 2.29 bits per heavy atom. The first-order chi connectivity index (χ1) is 6.84. The van der Waals surface area contributed by atoms with Crippen molar-refractivity contribution in [3.05, 3.63) is 21.9 Å². The second-order valence-corrected chi connectivity index (χ2v) is 4.65. The van der Waals surface area contributed by atoms with E-state index in [1.165, 1.54) is 12.8 Å². The number of rotatable bonds is 2. The van der Waals surface area contributed by atoms with E-state index < -0.39 is 0 Å². The number of hydrogen-bond acceptors (Lipinski definition) is 3. The van der Waals surface area contributed by atoms with Crippen molar-refractivity contribution in [2.24, 2.45) is 0 Å². The van der Waals surface area contributed by atoms with Gasteiger partial charge in [0.15, 0.2) is 5.65 Å². The third-order valence-electron chi connectivity index (χ3n) is 2.30. The summed E-state index contributed by atoms with van der Waals surface area (Å²) in [5.41, 5.74) is 0.927. The standard InChI is InChI=1S/C9H9IN4/c10-7-2-1-5-14-8(7)12-13-9(14)11-6-3-4-6/h1-2,5-6H,3-4H2,(H,11,13). The second kappa shape index (κ2) is 3.08. The Kier molecular flexibility index (Phi) is 1.86. The van der Waals surface area contributed by atoms with Crippen molar-refractivity contribution in [3.8, 4) is 0 Å². The zero-order chi connectivity index (χ0) is 9.54. The summed E-state index contributed by atoms with van der Waals surface area (Å²) in [7, 11) is 0. The van der Waals surface area contributed by atoms with Crippen LogP contribution in [0.25, 0.3) is 5.65 Å². The molecule has 1 fully saturated rings. The Hall–Kier alpha value is -0.850. The van der Waals surface area contributed by atoms with Crippen LogP contribution in [0, 0.1) is 3.57 Å². The molecular weight excluding hydrogens is 291 g/mol. The maximum absolute atomic E-state index is 4.14. The van der Waals surface area contributed by atoms with Crippen molar-refractivity contribution in [1.29, 1.82) is 0 Å². The summed E-state index contributed by atoms with van der Waals surface area (Å²) < 4.78 is 3.13. The molecule has 1 aliphatic rings. The van der Waals surface area contributed by atoms with E-state index in [-0.39, 0.29) is 0 Å². The normalized spacial score (nSPS) is 16.1. The number of hydrogen-bond donors (Lipinski definition) is 1. The number of nitrogens with one attached hydrogen (secondary N) is 1. The van der Waals surface area contributed by atoms with Crippen molar-refractivity contribution in [2.45, 2.75) is 18.9 Å².